The molecule has 0 saturated heterocycles. The predicted octanol–water partition coefficient (Wildman–Crippen LogP) is 1.84. The van der Waals surface area contributed by atoms with Crippen molar-refractivity contribution < 1.29 is 0 Å². The molecule has 5 heteroatoms. The summed E-state index contributed by atoms with van der Waals surface area (Å²) in [6, 6.07) is 10.1. The molecule has 1 aromatic heterocycles. The molecule has 0 fully saturated rings. The van der Waals surface area contributed by atoms with Gasteiger partial charge < -0.3 is 0 Å². The second kappa shape index (κ2) is 4.23. The average Bonchev–Trinajstić information content (AvgIpc) is 2.67. The van der Waals surface area contributed by atoms with Crippen molar-refractivity contribution in [3.05, 3.63) is 30.3 Å². The molecular weight excluding hydrogens is 196 g/mol. The van der Waals surface area contributed by atoms with Gasteiger partial charge in [-0.05, 0) is 41.2 Å². The predicted molar refractivity (Wildman–Crippen MR) is 54.1 cm³/mol. The Labute approximate surface area is 86.3 Å². The Kier molecular flexibility index (Phi) is 2.78. The highest BCUT2D eigenvalue weighted by atomic mass is 32.2. The van der Waals surface area contributed by atoms with E-state index < -0.39 is 0 Å². The molecule has 0 spiro atoms. The van der Waals surface area contributed by atoms with Gasteiger partial charge in [-0.25, -0.2) is 4.68 Å². The molecule has 0 N–H and O–H groups in total. The van der Waals surface area contributed by atoms with Crippen LogP contribution in [0.2, 0.25) is 0 Å². The van der Waals surface area contributed by atoms with Crippen molar-refractivity contribution >= 4 is 11.8 Å². The molecular formula is C9H10N4S. The summed E-state index contributed by atoms with van der Waals surface area (Å²) in [5, 5.41) is 12.3. The van der Waals surface area contributed by atoms with E-state index in [-0.39, 0.29) is 0 Å². The van der Waals surface area contributed by atoms with Crippen LogP contribution in [0.5, 0.6) is 0 Å². The van der Waals surface area contributed by atoms with Gasteiger partial charge in [0.15, 0.2) is 0 Å². The van der Waals surface area contributed by atoms with E-state index in [0.29, 0.717) is 0 Å². The van der Waals surface area contributed by atoms with Gasteiger partial charge in [0.25, 0.3) is 0 Å². The van der Waals surface area contributed by atoms with Crippen molar-refractivity contribution in [2.75, 3.05) is 0 Å². The van der Waals surface area contributed by atoms with Gasteiger partial charge in [0.05, 0.1) is 0 Å². The normalized spacial score (nSPS) is 10.4. The van der Waals surface area contributed by atoms with Crippen molar-refractivity contribution in [1.82, 2.24) is 20.2 Å². The molecule has 0 bridgehead atoms. The monoisotopic (exact) mass is 206 g/mol. The van der Waals surface area contributed by atoms with Gasteiger partial charge in [-0.1, -0.05) is 18.2 Å². The smallest absolute Gasteiger partial charge is 0.214 e. The number of rotatable bonds is 3. The van der Waals surface area contributed by atoms with Crippen LogP contribution in [0.1, 0.15) is 6.92 Å². The van der Waals surface area contributed by atoms with Crippen LogP contribution < -0.4 is 0 Å². The molecule has 0 saturated carbocycles. The number of hydrogen-bond donors (Lipinski definition) is 0. The fourth-order valence-electron chi connectivity index (χ4n) is 1.06. The zero-order valence-electron chi connectivity index (χ0n) is 7.79. The summed E-state index contributed by atoms with van der Waals surface area (Å²) in [4.78, 5) is 1.15. The van der Waals surface area contributed by atoms with E-state index in [1.807, 2.05) is 37.3 Å². The third kappa shape index (κ3) is 1.93. The highest BCUT2D eigenvalue weighted by Gasteiger charge is 2.05. The number of aromatic nitrogens is 4. The van der Waals surface area contributed by atoms with Crippen LogP contribution >= 0.6 is 11.8 Å². The summed E-state index contributed by atoms with van der Waals surface area (Å²) in [6.45, 7) is 2.81. The van der Waals surface area contributed by atoms with Crippen molar-refractivity contribution in [3.8, 4) is 0 Å². The van der Waals surface area contributed by atoms with Gasteiger partial charge >= 0.3 is 0 Å². The third-order valence-electron chi connectivity index (χ3n) is 1.75. The van der Waals surface area contributed by atoms with Crippen molar-refractivity contribution in [3.63, 3.8) is 0 Å². The second-order valence-corrected chi connectivity index (χ2v) is 3.73. The molecule has 1 heterocycles. The van der Waals surface area contributed by atoms with Gasteiger partial charge in [0.2, 0.25) is 5.16 Å². The number of hydrogen-bond acceptors (Lipinski definition) is 4. The Morgan fingerprint density at radius 3 is 2.79 bits per heavy atom. The van der Waals surface area contributed by atoms with E-state index >= 15 is 0 Å². The minimum Gasteiger partial charge on any atom is -0.220 e. The maximum absolute atomic E-state index is 3.95. The molecule has 0 aliphatic rings. The Hall–Kier alpha value is -1.36. The first-order chi connectivity index (χ1) is 6.90. The zero-order chi connectivity index (χ0) is 9.80. The van der Waals surface area contributed by atoms with Gasteiger partial charge in [0, 0.05) is 11.4 Å². The van der Waals surface area contributed by atoms with E-state index in [1.54, 1.807) is 16.4 Å². The summed E-state index contributed by atoms with van der Waals surface area (Å²) in [6.07, 6.45) is 0. The number of nitrogens with zero attached hydrogens (tertiary/aromatic N) is 4. The standard InChI is InChI=1S/C9H10N4S/c1-2-13-9(10-11-12-13)14-8-6-4-3-5-7-8/h3-7H,2H2,1H3. The molecule has 1 aromatic carbocycles. The quantitative estimate of drug-likeness (QED) is 0.768. The lowest BCUT2D eigenvalue weighted by Gasteiger charge is -1.99. The van der Waals surface area contributed by atoms with Crippen molar-refractivity contribution in [2.45, 2.75) is 23.5 Å². The first-order valence-corrected chi connectivity index (χ1v) is 5.21. The zero-order valence-corrected chi connectivity index (χ0v) is 8.61. The largest absolute Gasteiger partial charge is 0.220 e. The molecule has 2 aromatic rings. The van der Waals surface area contributed by atoms with Gasteiger partial charge in [-0.15, -0.1) is 5.10 Å². The molecule has 4 nitrogen and oxygen atoms in total. The van der Waals surface area contributed by atoms with Crippen molar-refractivity contribution in [1.29, 1.82) is 0 Å². The maximum Gasteiger partial charge on any atom is 0.214 e. The molecule has 0 atom stereocenters. The number of aryl methyl sites for hydroxylation is 1. The summed E-state index contributed by atoms with van der Waals surface area (Å²) in [5.41, 5.74) is 0. The Balaban J connectivity index is 2.19. The highest BCUT2D eigenvalue weighted by Crippen LogP contribution is 2.24. The first-order valence-electron chi connectivity index (χ1n) is 4.39. The van der Waals surface area contributed by atoms with E-state index in [1.165, 1.54) is 0 Å². The summed E-state index contributed by atoms with van der Waals surface area (Å²) in [5.74, 6) is 0. The molecule has 72 valence electrons. The van der Waals surface area contributed by atoms with Crippen LogP contribution in [0.25, 0.3) is 0 Å². The van der Waals surface area contributed by atoms with Crippen LogP contribution in [0.15, 0.2) is 40.4 Å². The third-order valence-corrected chi connectivity index (χ3v) is 2.73. The Morgan fingerprint density at radius 2 is 2.07 bits per heavy atom. The minimum atomic E-state index is 0.794. The summed E-state index contributed by atoms with van der Waals surface area (Å²) < 4.78 is 1.78. The van der Waals surface area contributed by atoms with Gasteiger partial charge in [-0.2, -0.15) is 0 Å². The molecule has 0 aliphatic heterocycles. The van der Waals surface area contributed by atoms with Crippen LogP contribution in [0.3, 0.4) is 0 Å². The maximum atomic E-state index is 3.95. The lowest BCUT2D eigenvalue weighted by atomic mass is 10.4. The Bertz CT molecular complexity index is 398. The van der Waals surface area contributed by atoms with E-state index in [9.17, 15) is 0 Å². The van der Waals surface area contributed by atoms with Crippen molar-refractivity contribution in [2.24, 2.45) is 0 Å². The number of benzene rings is 1. The highest BCUT2D eigenvalue weighted by molar-refractivity contribution is 7.99. The van der Waals surface area contributed by atoms with Gasteiger partial charge in [-0.3, -0.25) is 0 Å². The number of tetrazole rings is 1. The lowest BCUT2D eigenvalue weighted by Crippen LogP contribution is -1.98. The van der Waals surface area contributed by atoms with Crippen LogP contribution in [0, 0.1) is 0 Å². The molecule has 2 rings (SSSR count). The minimum absolute atomic E-state index is 0.794. The summed E-state index contributed by atoms with van der Waals surface area (Å²) >= 11 is 1.57. The summed E-state index contributed by atoms with van der Waals surface area (Å²) in [7, 11) is 0. The first kappa shape index (κ1) is 9.21. The lowest BCUT2D eigenvalue weighted by molar-refractivity contribution is 0.581. The SMILES string of the molecule is CCn1nnnc1Sc1ccccc1. The van der Waals surface area contributed by atoms with E-state index in [2.05, 4.69) is 15.5 Å². The van der Waals surface area contributed by atoms with Crippen LogP contribution in [-0.4, -0.2) is 20.2 Å². The molecule has 0 aliphatic carbocycles. The molecule has 14 heavy (non-hydrogen) atoms. The molecule has 0 amide bonds. The van der Waals surface area contributed by atoms with Crippen LogP contribution in [-0.2, 0) is 6.54 Å². The Morgan fingerprint density at radius 1 is 1.29 bits per heavy atom. The fourth-order valence-corrected chi connectivity index (χ4v) is 1.91. The molecule has 0 unspecified atom stereocenters. The average molecular weight is 206 g/mol. The topological polar surface area (TPSA) is 43.6 Å². The van der Waals surface area contributed by atoms with Gasteiger partial charge in [0.1, 0.15) is 0 Å². The van der Waals surface area contributed by atoms with E-state index in [4.69, 9.17) is 0 Å². The van der Waals surface area contributed by atoms with Crippen LogP contribution in [0.4, 0.5) is 0 Å². The fraction of sp³-hybridized carbons (Fsp3) is 0.222. The van der Waals surface area contributed by atoms with E-state index in [0.717, 1.165) is 16.6 Å². The second-order valence-electron chi connectivity index (χ2n) is 2.69. The molecule has 0 radical (unpaired) electrons.